The van der Waals surface area contributed by atoms with Crippen molar-refractivity contribution in [1.82, 2.24) is 14.7 Å². The highest BCUT2D eigenvalue weighted by atomic mass is 32.1. The Balaban J connectivity index is 1.12. The fourth-order valence-corrected chi connectivity index (χ4v) is 5.25. The number of piperazine rings is 1. The van der Waals surface area contributed by atoms with Gasteiger partial charge in [0, 0.05) is 55.8 Å². The molecular formula is C25H25N3O2S. The first kappa shape index (κ1) is 20.0. The molecule has 2 aliphatic rings. The van der Waals surface area contributed by atoms with E-state index >= 15 is 0 Å². The minimum Gasteiger partial charge on any atom is -0.336 e. The first-order chi connectivity index (χ1) is 15.2. The zero-order valence-corrected chi connectivity index (χ0v) is 18.1. The summed E-state index contributed by atoms with van der Waals surface area (Å²) in [5.41, 5.74) is 1.90. The van der Waals surface area contributed by atoms with E-state index in [1.54, 1.807) is 11.3 Å². The highest BCUT2D eigenvalue weighted by Gasteiger charge is 2.37. The summed E-state index contributed by atoms with van der Waals surface area (Å²) in [6.07, 6.45) is 0. The van der Waals surface area contributed by atoms with Crippen LogP contribution in [-0.2, 0) is 0 Å². The van der Waals surface area contributed by atoms with Crippen LogP contribution in [0.1, 0.15) is 20.0 Å². The number of rotatable bonds is 4. The van der Waals surface area contributed by atoms with Crippen molar-refractivity contribution in [3.05, 3.63) is 83.2 Å². The van der Waals surface area contributed by atoms with Gasteiger partial charge in [-0.15, -0.1) is 11.3 Å². The van der Waals surface area contributed by atoms with Gasteiger partial charge in [0.15, 0.2) is 0 Å². The molecule has 0 radical (unpaired) electrons. The lowest BCUT2D eigenvalue weighted by atomic mass is 10.1. The van der Waals surface area contributed by atoms with E-state index in [2.05, 4.69) is 17.0 Å². The largest absolute Gasteiger partial charge is 0.336 e. The summed E-state index contributed by atoms with van der Waals surface area (Å²) < 4.78 is 0. The van der Waals surface area contributed by atoms with Crippen LogP contribution >= 0.6 is 11.3 Å². The molecule has 5 rings (SSSR count). The van der Waals surface area contributed by atoms with Crippen LogP contribution < -0.4 is 0 Å². The molecule has 6 heteroatoms. The van der Waals surface area contributed by atoms with Crippen molar-refractivity contribution >= 4 is 23.2 Å². The zero-order valence-electron chi connectivity index (χ0n) is 17.3. The number of hydrogen-bond acceptors (Lipinski definition) is 4. The Bertz CT molecular complexity index is 1050. The highest BCUT2D eigenvalue weighted by Crippen LogP contribution is 2.30. The minimum atomic E-state index is 0.109. The molecule has 0 bridgehead atoms. The van der Waals surface area contributed by atoms with Gasteiger partial charge in [-0.3, -0.25) is 14.5 Å². The van der Waals surface area contributed by atoms with Crippen molar-refractivity contribution in [3.8, 4) is 10.4 Å². The molecule has 0 saturated carbocycles. The van der Waals surface area contributed by atoms with Gasteiger partial charge in [-0.2, -0.15) is 0 Å². The Labute approximate surface area is 186 Å². The lowest BCUT2D eigenvalue weighted by Crippen LogP contribution is -2.64. The van der Waals surface area contributed by atoms with Gasteiger partial charge < -0.3 is 9.80 Å². The molecule has 0 atom stereocenters. The third-order valence-electron chi connectivity index (χ3n) is 6.16. The van der Waals surface area contributed by atoms with E-state index in [4.69, 9.17) is 0 Å². The van der Waals surface area contributed by atoms with Gasteiger partial charge in [0.05, 0.1) is 4.88 Å². The second-order valence-electron chi connectivity index (χ2n) is 8.09. The van der Waals surface area contributed by atoms with Crippen LogP contribution in [0.5, 0.6) is 0 Å². The van der Waals surface area contributed by atoms with Crippen LogP contribution in [0.4, 0.5) is 0 Å². The predicted molar refractivity (Wildman–Crippen MR) is 123 cm³/mol. The first-order valence-corrected chi connectivity index (χ1v) is 11.5. The van der Waals surface area contributed by atoms with Crippen LogP contribution in [0.25, 0.3) is 10.4 Å². The van der Waals surface area contributed by atoms with Crippen molar-refractivity contribution in [3.63, 3.8) is 0 Å². The van der Waals surface area contributed by atoms with Gasteiger partial charge in [0.2, 0.25) is 0 Å². The summed E-state index contributed by atoms with van der Waals surface area (Å²) in [7, 11) is 0. The lowest BCUT2D eigenvalue weighted by Gasteiger charge is -2.48. The molecule has 2 aromatic carbocycles. The molecule has 158 valence electrons. The van der Waals surface area contributed by atoms with Crippen LogP contribution in [0.3, 0.4) is 0 Å². The molecule has 3 aromatic rings. The summed E-state index contributed by atoms with van der Waals surface area (Å²) in [6.45, 7) is 4.74. The number of carbonyl (C=O) groups is 2. The summed E-state index contributed by atoms with van der Waals surface area (Å²) in [5.74, 6) is 0.235. The Morgan fingerprint density at radius 2 is 1.35 bits per heavy atom. The van der Waals surface area contributed by atoms with Gasteiger partial charge in [-0.1, -0.05) is 48.5 Å². The Kier molecular flexibility index (Phi) is 5.57. The van der Waals surface area contributed by atoms with Crippen molar-refractivity contribution in [2.75, 3.05) is 39.3 Å². The third-order valence-corrected chi connectivity index (χ3v) is 7.29. The fraction of sp³-hybridized carbons (Fsp3) is 0.280. The number of nitrogens with zero attached hydrogens (tertiary/aromatic N) is 3. The van der Waals surface area contributed by atoms with Gasteiger partial charge in [0.1, 0.15) is 0 Å². The average Bonchev–Trinajstić information content (AvgIpc) is 3.30. The molecule has 2 saturated heterocycles. The topological polar surface area (TPSA) is 43.9 Å². The van der Waals surface area contributed by atoms with E-state index in [9.17, 15) is 9.59 Å². The van der Waals surface area contributed by atoms with E-state index in [1.165, 1.54) is 0 Å². The van der Waals surface area contributed by atoms with Gasteiger partial charge in [-0.05, 0) is 29.8 Å². The molecule has 31 heavy (non-hydrogen) atoms. The van der Waals surface area contributed by atoms with Crippen LogP contribution in [-0.4, -0.2) is 71.8 Å². The van der Waals surface area contributed by atoms with Crippen molar-refractivity contribution < 1.29 is 9.59 Å². The molecule has 2 amide bonds. The van der Waals surface area contributed by atoms with E-state index < -0.39 is 0 Å². The number of thiophene rings is 1. The maximum atomic E-state index is 12.9. The number of hydrogen-bond donors (Lipinski definition) is 0. The maximum absolute atomic E-state index is 12.9. The molecule has 0 spiro atoms. The molecular weight excluding hydrogens is 406 g/mol. The van der Waals surface area contributed by atoms with Gasteiger partial charge >= 0.3 is 0 Å². The second kappa shape index (κ2) is 8.65. The average molecular weight is 432 g/mol. The van der Waals surface area contributed by atoms with E-state index in [1.807, 2.05) is 70.5 Å². The predicted octanol–water partition coefficient (Wildman–Crippen LogP) is 3.70. The SMILES string of the molecule is O=C(c1ccccc1)N1CCN(C2CN(C(=O)c3ccc(-c4ccccc4)s3)C2)CC1. The highest BCUT2D eigenvalue weighted by molar-refractivity contribution is 7.17. The van der Waals surface area contributed by atoms with Crippen LogP contribution in [0.15, 0.2) is 72.8 Å². The van der Waals surface area contributed by atoms with Crippen molar-refractivity contribution in [2.24, 2.45) is 0 Å². The molecule has 1 aromatic heterocycles. The van der Waals surface area contributed by atoms with E-state index in [0.29, 0.717) is 6.04 Å². The molecule has 2 aliphatic heterocycles. The fourth-order valence-electron chi connectivity index (χ4n) is 4.27. The third kappa shape index (κ3) is 4.13. The molecule has 5 nitrogen and oxygen atoms in total. The number of carbonyl (C=O) groups excluding carboxylic acids is 2. The van der Waals surface area contributed by atoms with Crippen molar-refractivity contribution in [1.29, 1.82) is 0 Å². The second-order valence-corrected chi connectivity index (χ2v) is 9.17. The van der Waals surface area contributed by atoms with Crippen molar-refractivity contribution in [2.45, 2.75) is 6.04 Å². The summed E-state index contributed by atoms with van der Waals surface area (Å²) in [6, 6.07) is 24.0. The smallest absolute Gasteiger partial charge is 0.264 e. The number of likely N-dealkylation sites (tertiary alicyclic amines) is 1. The molecule has 3 heterocycles. The normalized spacial score (nSPS) is 17.4. The van der Waals surface area contributed by atoms with Crippen LogP contribution in [0, 0.1) is 0 Å². The molecule has 0 unspecified atom stereocenters. The Morgan fingerprint density at radius 3 is 2.03 bits per heavy atom. The lowest BCUT2D eigenvalue weighted by molar-refractivity contribution is 0.00879. The van der Waals surface area contributed by atoms with E-state index in [-0.39, 0.29) is 11.8 Å². The zero-order chi connectivity index (χ0) is 21.2. The molecule has 2 fully saturated rings. The first-order valence-electron chi connectivity index (χ1n) is 10.7. The van der Waals surface area contributed by atoms with Gasteiger partial charge in [0.25, 0.3) is 11.8 Å². The van der Waals surface area contributed by atoms with E-state index in [0.717, 1.165) is 60.1 Å². The van der Waals surface area contributed by atoms with Crippen LogP contribution in [0.2, 0.25) is 0 Å². The quantitative estimate of drug-likeness (QED) is 0.633. The standard InChI is InChI=1S/C25H25N3O2S/c29-24(20-9-5-2-6-10-20)27-15-13-26(14-16-27)21-17-28(18-21)25(30)23-12-11-22(31-23)19-7-3-1-4-8-19/h1-12,21H,13-18H2. The molecule has 0 aliphatic carbocycles. The minimum absolute atomic E-state index is 0.109. The monoisotopic (exact) mass is 431 g/mol. The Morgan fingerprint density at radius 1 is 0.710 bits per heavy atom. The number of benzene rings is 2. The molecule has 0 N–H and O–H groups in total. The number of amides is 2. The Hall–Kier alpha value is -2.96. The summed E-state index contributed by atoms with van der Waals surface area (Å²) in [4.78, 5) is 33.7. The van der Waals surface area contributed by atoms with Gasteiger partial charge in [-0.25, -0.2) is 0 Å². The summed E-state index contributed by atoms with van der Waals surface area (Å²) in [5, 5.41) is 0. The summed E-state index contributed by atoms with van der Waals surface area (Å²) >= 11 is 1.56. The maximum Gasteiger partial charge on any atom is 0.264 e.